The molecule has 18 heavy (non-hydrogen) atoms. The third-order valence-electron chi connectivity index (χ3n) is 2.71. The van der Waals surface area contributed by atoms with Gasteiger partial charge in [-0.25, -0.2) is 0 Å². The van der Waals surface area contributed by atoms with Gasteiger partial charge in [0, 0.05) is 0 Å². The summed E-state index contributed by atoms with van der Waals surface area (Å²) in [5.74, 6) is 0.725. The molecule has 0 radical (unpaired) electrons. The molecule has 0 saturated carbocycles. The van der Waals surface area contributed by atoms with E-state index in [1.807, 2.05) is 0 Å². The molecule has 2 rings (SSSR count). The third-order valence-corrected chi connectivity index (χ3v) is 2.71. The van der Waals surface area contributed by atoms with E-state index < -0.39 is 0 Å². The fourth-order valence-corrected chi connectivity index (χ4v) is 1.94. The molecule has 0 N–H and O–H groups in total. The second-order valence-corrected chi connectivity index (χ2v) is 4.66. The highest BCUT2D eigenvalue weighted by Gasteiger charge is 1.99. The Morgan fingerprint density at radius 1 is 0.722 bits per heavy atom. The zero-order valence-electron chi connectivity index (χ0n) is 9.98. The summed E-state index contributed by atoms with van der Waals surface area (Å²) in [6, 6.07) is 19.4. The summed E-state index contributed by atoms with van der Waals surface area (Å²) in [6.45, 7) is 4.51. The van der Waals surface area contributed by atoms with Crippen molar-refractivity contribution < 1.29 is 0 Å². The molecule has 0 atom stereocenters. The SMILES string of the molecule is C.C.CC(C)Cc1ccc(-c2ccccc2)cc1. The average molecular weight is 242 g/mol. The van der Waals surface area contributed by atoms with E-state index in [4.69, 9.17) is 0 Å². The van der Waals surface area contributed by atoms with E-state index in [-0.39, 0.29) is 14.9 Å². The largest absolute Gasteiger partial charge is 0.0776 e. The minimum Gasteiger partial charge on any atom is -0.0776 e. The Balaban J connectivity index is 0.00000144. The maximum absolute atomic E-state index is 2.26. The van der Waals surface area contributed by atoms with Crippen molar-refractivity contribution >= 4 is 0 Å². The van der Waals surface area contributed by atoms with E-state index >= 15 is 0 Å². The molecule has 0 aliphatic rings. The first-order valence-electron chi connectivity index (χ1n) is 5.90. The van der Waals surface area contributed by atoms with E-state index in [2.05, 4.69) is 68.4 Å². The lowest BCUT2D eigenvalue weighted by atomic mass is 9.99. The zero-order valence-corrected chi connectivity index (χ0v) is 9.98. The second-order valence-electron chi connectivity index (χ2n) is 4.66. The van der Waals surface area contributed by atoms with Crippen LogP contribution in [0.15, 0.2) is 54.6 Å². The van der Waals surface area contributed by atoms with Crippen LogP contribution < -0.4 is 0 Å². The van der Waals surface area contributed by atoms with E-state index in [0.29, 0.717) is 0 Å². The fourth-order valence-electron chi connectivity index (χ4n) is 1.94. The van der Waals surface area contributed by atoms with E-state index in [1.54, 1.807) is 0 Å². The molecule has 0 heteroatoms. The molecule has 2 aromatic carbocycles. The molecule has 0 heterocycles. The van der Waals surface area contributed by atoms with Crippen molar-refractivity contribution in [3.63, 3.8) is 0 Å². The minimum absolute atomic E-state index is 0. The smallest absolute Gasteiger partial charge is 0.0184 e. The number of hydrogen-bond donors (Lipinski definition) is 0. The van der Waals surface area contributed by atoms with Gasteiger partial charge in [-0.05, 0) is 29.0 Å². The normalized spacial score (nSPS) is 9.50. The van der Waals surface area contributed by atoms with Gasteiger partial charge in [0.2, 0.25) is 0 Å². The molecule has 0 fully saturated rings. The van der Waals surface area contributed by atoms with E-state index in [0.717, 1.165) is 12.3 Å². The molecule has 0 nitrogen and oxygen atoms in total. The van der Waals surface area contributed by atoms with Gasteiger partial charge in [0.15, 0.2) is 0 Å². The average Bonchev–Trinajstić information content (AvgIpc) is 2.30. The molecule has 2 aromatic rings. The van der Waals surface area contributed by atoms with Crippen LogP contribution in [0.25, 0.3) is 11.1 Å². The van der Waals surface area contributed by atoms with Gasteiger partial charge in [-0.1, -0.05) is 83.3 Å². The summed E-state index contributed by atoms with van der Waals surface area (Å²) in [4.78, 5) is 0. The minimum atomic E-state index is 0. The van der Waals surface area contributed by atoms with Crippen molar-refractivity contribution in [2.75, 3.05) is 0 Å². The van der Waals surface area contributed by atoms with Crippen molar-refractivity contribution in [3.05, 3.63) is 60.2 Å². The van der Waals surface area contributed by atoms with Gasteiger partial charge in [0.05, 0.1) is 0 Å². The molecule has 98 valence electrons. The molecular weight excluding hydrogens is 216 g/mol. The van der Waals surface area contributed by atoms with Gasteiger partial charge in [-0.3, -0.25) is 0 Å². The second kappa shape index (κ2) is 7.71. The summed E-state index contributed by atoms with van der Waals surface area (Å²) >= 11 is 0. The Morgan fingerprint density at radius 2 is 1.22 bits per heavy atom. The lowest BCUT2D eigenvalue weighted by Gasteiger charge is -2.06. The zero-order chi connectivity index (χ0) is 11.4. The Kier molecular flexibility index (Phi) is 7.04. The molecule has 0 aromatic heterocycles. The lowest BCUT2D eigenvalue weighted by molar-refractivity contribution is 0.647. The van der Waals surface area contributed by atoms with Crippen LogP contribution in [0.1, 0.15) is 34.3 Å². The van der Waals surface area contributed by atoms with Crippen LogP contribution in [-0.4, -0.2) is 0 Å². The van der Waals surface area contributed by atoms with Crippen LogP contribution in [0, 0.1) is 5.92 Å². The van der Waals surface area contributed by atoms with Crippen LogP contribution in [-0.2, 0) is 6.42 Å². The van der Waals surface area contributed by atoms with E-state index in [1.165, 1.54) is 16.7 Å². The van der Waals surface area contributed by atoms with Crippen LogP contribution in [0.2, 0.25) is 0 Å². The monoisotopic (exact) mass is 242 g/mol. The summed E-state index contributed by atoms with van der Waals surface area (Å²) in [5, 5.41) is 0. The summed E-state index contributed by atoms with van der Waals surface area (Å²) in [5.41, 5.74) is 4.02. The summed E-state index contributed by atoms with van der Waals surface area (Å²) in [6.07, 6.45) is 1.16. The Hall–Kier alpha value is -1.56. The quantitative estimate of drug-likeness (QED) is 0.635. The van der Waals surface area contributed by atoms with Gasteiger partial charge in [-0.2, -0.15) is 0 Å². The number of rotatable bonds is 3. The Labute approximate surface area is 113 Å². The van der Waals surface area contributed by atoms with Gasteiger partial charge < -0.3 is 0 Å². The predicted molar refractivity (Wildman–Crippen MR) is 83.9 cm³/mol. The Morgan fingerprint density at radius 3 is 1.72 bits per heavy atom. The third kappa shape index (κ3) is 4.37. The first kappa shape index (κ1) is 16.4. The molecule has 0 aliphatic heterocycles. The van der Waals surface area contributed by atoms with Crippen molar-refractivity contribution in [2.24, 2.45) is 5.92 Å². The van der Waals surface area contributed by atoms with Crippen molar-refractivity contribution in [1.82, 2.24) is 0 Å². The first-order valence-corrected chi connectivity index (χ1v) is 5.90. The highest BCUT2D eigenvalue weighted by atomic mass is 14.0. The predicted octanol–water partition coefficient (Wildman–Crippen LogP) is 5.82. The highest BCUT2D eigenvalue weighted by molar-refractivity contribution is 5.63. The number of benzene rings is 2. The molecule has 0 bridgehead atoms. The molecule has 0 unspecified atom stereocenters. The Bertz CT molecular complexity index is 423. The van der Waals surface area contributed by atoms with Gasteiger partial charge in [0.25, 0.3) is 0 Å². The van der Waals surface area contributed by atoms with E-state index in [9.17, 15) is 0 Å². The standard InChI is InChI=1S/C16H18.2CH4/c1-13(2)12-14-8-10-16(11-9-14)15-6-4-3-5-7-15;;/h3-11,13H,12H2,1-2H3;2*1H4. The van der Waals surface area contributed by atoms with Crippen LogP contribution in [0.3, 0.4) is 0 Å². The van der Waals surface area contributed by atoms with Gasteiger partial charge >= 0.3 is 0 Å². The summed E-state index contributed by atoms with van der Waals surface area (Å²) < 4.78 is 0. The van der Waals surface area contributed by atoms with Crippen LogP contribution >= 0.6 is 0 Å². The van der Waals surface area contributed by atoms with Crippen molar-refractivity contribution in [1.29, 1.82) is 0 Å². The maximum atomic E-state index is 2.26. The van der Waals surface area contributed by atoms with Gasteiger partial charge in [0.1, 0.15) is 0 Å². The van der Waals surface area contributed by atoms with Crippen molar-refractivity contribution in [3.8, 4) is 11.1 Å². The van der Waals surface area contributed by atoms with Gasteiger partial charge in [-0.15, -0.1) is 0 Å². The van der Waals surface area contributed by atoms with Crippen molar-refractivity contribution in [2.45, 2.75) is 35.1 Å². The highest BCUT2D eigenvalue weighted by Crippen LogP contribution is 2.20. The molecule has 0 amide bonds. The first-order chi connectivity index (χ1) is 7.75. The maximum Gasteiger partial charge on any atom is -0.0184 e. The molecular formula is C18H26. The fraction of sp³-hybridized carbons (Fsp3) is 0.333. The molecule has 0 spiro atoms. The van der Waals surface area contributed by atoms with Crippen LogP contribution in [0.5, 0.6) is 0 Å². The molecule has 0 aliphatic carbocycles. The van der Waals surface area contributed by atoms with Crippen LogP contribution in [0.4, 0.5) is 0 Å². The lowest BCUT2D eigenvalue weighted by Crippen LogP contribution is -1.93. The summed E-state index contributed by atoms with van der Waals surface area (Å²) in [7, 11) is 0. The topological polar surface area (TPSA) is 0 Å². The molecule has 0 saturated heterocycles. The number of hydrogen-bond acceptors (Lipinski definition) is 0.